The largest absolute Gasteiger partial charge is 0.469 e. The number of rotatable bonds is 8. The molecule has 1 aromatic carbocycles. The Morgan fingerprint density at radius 1 is 1.27 bits per heavy atom. The average Bonchev–Trinajstić information content (AvgIpc) is 2.99. The summed E-state index contributed by atoms with van der Waals surface area (Å²) < 4.78 is 5.21. The second-order valence-electron chi connectivity index (χ2n) is 5.51. The summed E-state index contributed by atoms with van der Waals surface area (Å²) in [6, 6.07) is 13.6. The van der Waals surface area contributed by atoms with Gasteiger partial charge in [0.25, 0.3) is 0 Å². The van der Waals surface area contributed by atoms with Crippen molar-refractivity contribution in [2.75, 3.05) is 12.3 Å². The molecule has 22 heavy (non-hydrogen) atoms. The fraction of sp³-hybridized carbons (Fsp3) is 0.353. The Balaban J connectivity index is 1.66. The number of hydrogen-bond acceptors (Lipinski definition) is 4. The lowest BCUT2D eigenvalue weighted by molar-refractivity contribution is -0.119. The molecule has 0 saturated heterocycles. The summed E-state index contributed by atoms with van der Waals surface area (Å²) in [6.07, 6.45) is 1.95. The minimum atomic E-state index is -1.02. The predicted octanol–water partition coefficient (Wildman–Crippen LogP) is 2.62. The SMILES string of the molecule is C[C@@](O)(CNC(=O)CSCc1ccccc1)Cc1ccco1. The van der Waals surface area contributed by atoms with Gasteiger partial charge in [-0.25, -0.2) is 0 Å². The summed E-state index contributed by atoms with van der Waals surface area (Å²) in [5, 5.41) is 13.0. The van der Waals surface area contributed by atoms with Crippen LogP contribution in [0, 0.1) is 0 Å². The van der Waals surface area contributed by atoms with Gasteiger partial charge in [0.1, 0.15) is 5.76 Å². The molecule has 0 aliphatic carbocycles. The first-order valence-electron chi connectivity index (χ1n) is 7.18. The Bertz CT molecular complexity index is 567. The van der Waals surface area contributed by atoms with Crippen molar-refractivity contribution in [1.82, 2.24) is 5.32 Å². The van der Waals surface area contributed by atoms with E-state index in [1.807, 2.05) is 36.4 Å². The van der Waals surface area contributed by atoms with Crippen LogP contribution < -0.4 is 5.32 Å². The molecule has 0 spiro atoms. The van der Waals surface area contributed by atoms with E-state index in [-0.39, 0.29) is 12.5 Å². The molecule has 0 aliphatic rings. The van der Waals surface area contributed by atoms with Gasteiger partial charge in [0, 0.05) is 18.7 Å². The first-order chi connectivity index (χ1) is 10.6. The number of hydrogen-bond donors (Lipinski definition) is 2. The number of aliphatic hydroxyl groups is 1. The first kappa shape index (κ1) is 16.6. The van der Waals surface area contributed by atoms with Gasteiger partial charge < -0.3 is 14.8 Å². The number of carbonyl (C=O) groups excluding carboxylic acids is 1. The molecular weight excluding hydrogens is 298 g/mol. The molecule has 2 aromatic rings. The molecule has 2 rings (SSSR count). The smallest absolute Gasteiger partial charge is 0.230 e. The van der Waals surface area contributed by atoms with E-state index in [1.165, 1.54) is 5.56 Å². The van der Waals surface area contributed by atoms with Crippen LogP contribution >= 0.6 is 11.8 Å². The summed E-state index contributed by atoms with van der Waals surface area (Å²) in [5.41, 5.74) is 0.183. The highest BCUT2D eigenvalue weighted by Crippen LogP contribution is 2.14. The summed E-state index contributed by atoms with van der Waals surface area (Å²) in [6.45, 7) is 1.89. The van der Waals surface area contributed by atoms with Crippen molar-refractivity contribution in [1.29, 1.82) is 0 Å². The standard InChI is InChI=1S/C17H21NO3S/c1-17(20,10-15-8-5-9-21-15)13-18-16(19)12-22-11-14-6-3-2-4-7-14/h2-9,20H,10-13H2,1H3,(H,18,19)/t17-/m0/s1. The van der Waals surface area contributed by atoms with Crippen LogP contribution in [0.3, 0.4) is 0 Å². The molecule has 0 aliphatic heterocycles. The summed E-state index contributed by atoms with van der Waals surface area (Å²) in [5.74, 6) is 1.82. The Labute approximate surface area is 134 Å². The van der Waals surface area contributed by atoms with Gasteiger partial charge in [-0.15, -0.1) is 11.8 Å². The number of carbonyl (C=O) groups is 1. The van der Waals surface area contributed by atoms with Gasteiger partial charge in [-0.05, 0) is 24.6 Å². The van der Waals surface area contributed by atoms with Crippen LogP contribution in [-0.2, 0) is 17.0 Å². The normalized spacial score (nSPS) is 13.5. The third-order valence-electron chi connectivity index (χ3n) is 3.15. The molecule has 1 amide bonds. The van der Waals surface area contributed by atoms with E-state index < -0.39 is 5.60 Å². The van der Waals surface area contributed by atoms with Gasteiger partial charge in [0.2, 0.25) is 5.91 Å². The van der Waals surface area contributed by atoms with Crippen LogP contribution in [-0.4, -0.2) is 28.9 Å². The van der Waals surface area contributed by atoms with Crippen molar-refractivity contribution >= 4 is 17.7 Å². The molecule has 1 atom stereocenters. The fourth-order valence-corrected chi connectivity index (χ4v) is 2.84. The Morgan fingerprint density at radius 2 is 2.05 bits per heavy atom. The number of benzene rings is 1. The molecule has 4 nitrogen and oxygen atoms in total. The number of thioether (sulfide) groups is 1. The lowest BCUT2D eigenvalue weighted by atomic mass is 10.0. The molecule has 0 saturated carbocycles. The highest BCUT2D eigenvalue weighted by atomic mass is 32.2. The molecule has 2 N–H and O–H groups in total. The van der Waals surface area contributed by atoms with Crippen molar-refractivity contribution in [2.45, 2.75) is 24.7 Å². The zero-order valence-corrected chi connectivity index (χ0v) is 13.4. The van der Waals surface area contributed by atoms with E-state index in [0.717, 1.165) is 5.75 Å². The van der Waals surface area contributed by atoms with Crippen LogP contribution in [0.25, 0.3) is 0 Å². The van der Waals surface area contributed by atoms with Gasteiger partial charge in [-0.1, -0.05) is 30.3 Å². The van der Waals surface area contributed by atoms with Crippen LogP contribution in [0.4, 0.5) is 0 Å². The lowest BCUT2D eigenvalue weighted by Crippen LogP contribution is -2.42. The van der Waals surface area contributed by atoms with E-state index in [0.29, 0.717) is 17.9 Å². The van der Waals surface area contributed by atoms with Gasteiger partial charge in [0.05, 0.1) is 17.6 Å². The topological polar surface area (TPSA) is 62.5 Å². The zero-order valence-electron chi connectivity index (χ0n) is 12.6. The Morgan fingerprint density at radius 3 is 2.73 bits per heavy atom. The maximum Gasteiger partial charge on any atom is 0.230 e. The molecule has 0 fully saturated rings. The second kappa shape index (κ2) is 8.06. The number of amides is 1. The van der Waals surface area contributed by atoms with Crippen LogP contribution in [0.1, 0.15) is 18.2 Å². The lowest BCUT2D eigenvalue weighted by Gasteiger charge is -2.22. The van der Waals surface area contributed by atoms with Gasteiger partial charge >= 0.3 is 0 Å². The molecule has 5 heteroatoms. The third kappa shape index (κ3) is 5.95. The quantitative estimate of drug-likeness (QED) is 0.785. The molecule has 1 aromatic heterocycles. The van der Waals surface area contributed by atoms with Crippen LogP contribution in [0.15, 0.2) is 53.1 Å². The summed E-state index contributed by atoms with van der Waals surface area (Å²) in [4.78, 5) is 11.8. The first-order valence-corrected chi connectivity index (χ1v) is 8.34. The summed E-state index contributed by atoms with van der Waals surface area (Å²) in [7, 11) is 0. The Hall–Kier alpha value is -1.72. The van der Waals surface area contributed by atoms with Gasteiger partial charge in [-0.3, -0.25) is 4.79 Å². The minimum Gasteiger partial charge on any atom is -0.469 e. The molecule has 118 valence electrons. The second-order valence-corrected chi connectivity index (χ2v) is 6.49. The van der Waals surface area contributed by atoms with E-state index in [1.54, 1.807) is 31.0 Å². The van der Waals surface area contributed by atoms with Gasteiger partial charge in [0.15, 0.2) is 0 Å². The van der Waals surface area contributed by atoms with Crippen molar-refractivity contribution in [2.24, 2.45) is 0 Å². The average molecular weight is 319 g/mol. The molecule has 0 radical (unpaired) electrons. The van der Waals surface area contributed by atoms with E-state index in [9.17, 15) is 9.90 Å². The highest BCUT2D eigenvalue weighted by molar-refractivity contribution is 7.99. The van der Waals surface area contributed by atoms with Crippen molar-refractivity contribution < 1.29 is 14.3 Å². The minimum absolute atomic E-state index is 0.0688. The highest BCUT2D eigenvalue weighted by Gasteiger charge is 2.23. The predicted molar refractivity (Wildman–Crippen MR) is 88.6 cm³/mol. The van der Waals surface area contributed by atoms with E-state index in [4.69, 9.17) is 4.42 Å². The van der Waals surface area contributed by atoms with Crippen molar-refractivity contribution in [3.63, 3.8) is 0 Å². The molecular formula is C17H21NO3S. The fourth-order valence-electron chi connectivity index (χ4n) is 2.03. The number of furan rings is 1. The Kier molecular flexibility index (Phi) is 6.10. The monoisotopic (exact) mass is 319 g/mol. The van der Waals surface area contributed by atoms with Gasteiger partial charge in [-0.2, -0.15) is 0 Å². The zero-order chi connectivity index (χ0) is 15.8. The van der Waals surface area contributed by atoms with E-state index in [2.05, 4.69) is 5.32 Å². The maximum absolute atomic E-state index is 11.8. The van der Waals surface area contributed by atoms with Crippen molar-refractivity contribution in [3.05, 3.63) is 60.1 Å². The number of nitrogens with one attached hydrogen (secondary N) is 1. The van der Waals surface area contributed by atoms with Crippen LogP contribution in [0.5, 0.6) is 0 Å². The molecule has 0 bridgehead atoms. The maximum atomic E-state index is 11.8. The van der Waals surface area contributed by atoms with Crippen molar-refractivity contribution in [3.8, 4) is 0 Å². The molecule has 0 unspecified atom stereocenters. The van der Waals surface area contributed by atoms with Crippen LogP contribution in [0.2, 0.25) is 0 Å². The van der Waals surface area contributed by atoms with E-state index >= 15 is 0 Å². The summed E-state index contributed by atoms with van der Waals surface area (Å²) >= 11 is 1.56. The molecule has 1 heterocycles. The third-order valence-corrected chi connectivity index (χ3v) is 4.15.